The van der Waals surface area contributed by atoms with Crippen LogP contribution < -0.4 is 5.73 Å². The van der Waals surface area contributed by atoms with Gasteiger partial charge in [0, 0.05) is 17.0 Å². The predicted octanol–water partition coefficient (Wildman–Crippen LogP) is 2.68. The van der Waals surface area contributed by atoms with Crippen molar-refractivity contribution < 1.29 is 4.92 Å². The van der Waals surface area contributed by atoms with Gasteiger partial charge in [0.15, 0.2) is 0 Å². The molecular formula is C9H12N2O2S. The molecule has 1 rings (SSSR count). The number of hydrogen-bond donors (Lipinski definition) is 1. The van der Waals surface area contributed by atoms with E-state index in [9.17, 15) is 10.1 Å². The first-order valence-corrected chi connectivity index (χ1v) is 5.09. The first kappa shape index (κ1) is 10.8. The molecule has 0 saturated carbocycles. The molecule has 0 aromatic heterocycles. The molecule has 5 heteroatoms. The summed E-state index contributed by atoms with van der Waals surface area (Å²) in [5.41, 5.74) is 5.99. The second-order valence-corrected chi connectivity index (χ2v) is 4.77. The van der Waals surface area contributed by atoms with Gasteiger partial charge in [0.25, 0.3) is 5.69 Å². The van der Waals surface area contributed by atoms with Crippen molar-refractivity contribution in [3.63, 3.8) is 0 Å². The SMILES string of the molecule is CC(C)Sc1ccc(N)cc1[N+](=O)[O-]. The van der Waals surface area contributed by atoms with Gasteiger partial charge < -0.3 is 5.73 Å². The number of nitrogens with zero attached hydrogens (tertiary/aromatic N) is 1. The molecular weight excluding hydrogens is 200 g/mol. The highest BCUT2D eigenvalue weighted by Gasteiger charge is 2.15. The fourth-order valence-electron chi connectivity index (χ4n) is 1.03. The Hall–Kier alpha value is -1.23. The summed E-state index contributed by atoms with van der Waals surface area (Å²) < 4.78 is 0. The average molecular weight is 212 g/mol. The Balaban J connectivity index is 3.08. The van der Waals surface area contributed by atoms with Crippen LogP contribution in [0.5, 0.6) is 0 Å². The van der Waals surface area contributed by atoms with Gasteiger partial charge in [-0.3, -0.25) is 10.1 Å². The van der Waals surface area contributed by atoms with Gasteiger partial charge in [-0.05, 0) is 12.1 Å². The molecule has 0 aliphatic heterocycles. The van der Waals surface area contributed by atoms with E-state index >= 15 is 0 Å². The molecule has 1 aromatic carbocycles. The minimum absolute atomic E-state index is 0.0868. The molecule has 14 heavy (non-hydrogen) atoms. The van der Waals surface area contributed by atoms with Crippen LogP contribution in [-0.4, -0.2) is 10.2 Å². The van der Waals surface area contributed by atoms with E-state index in [1.165, 1.54) is 17.8 Å². The van der Waals surface area contributed by atoms with Crippen LogP contribution in [0.25, 0.3) is 0 Å². The zero-order valence-electron chi connectivity index (χ0n) is 8.06. The highest BCUT2D eigenvalue weighted by Crippen LogP contribution is 2.33. The maximum absolute atomic E-state index is 10.7. The molecule has 0 saturated heterocycles. The molecule has 0 heterocycles. The third-order valence-corrected chi connectivity index (χ3v) is 2.61. The molecule has 0 radical (unpaired) electrons. The van der Waals surface area contributed by atoms with Crippen molar-refractivity contribution in [2.24, 2.45) is 0 Å². The number of nitrogens with two attached hydrogens (primary N) is 1. The molecule has 2 N–H and O–H groups in total. The van der Waals surface area contributed by atoms with Crippen molar-refractivity contribution in [1.29, 1.82) is 0 Å². The molecule has 1 aromatic rings. The number of nitro benzene ring substituents is 1. The first-order chi connectivity index (χ1) is 6.50. The maximum atomic E-state index is 10.7. The summed E-state index contributed by atoms with van der Waals surface area (Å²) in [5.74, 6) is 0. The van der Waals surface area contributed by atoms with Gasteiger partial charge in [-0.2, -0.15) is 0 Å². The Morgan fingerprint density at radius 2 is 2.14 bits per heavy atom. The summed E-state index contributed by atoms with van der Waals surface area (Å²) in [5, 5.41) is 11.0. The lowest BCUT2D eigenvalue weighted by Crippen LogP contribution is -1.95. The van der Waals surface area contributed by atoms with Gasteiger partial charge in [-0.15, -0.1) is 11.8 Å². The Bertz CT molecular complexity index is 353. The van der Waals surface area contributed by atoms with Crippen molar-refractivity contribution >= 4 is 23.1 Å². The highest BCUT2D eigenvalue weighted by molar-refractivity contribution is 8.00. The van der Waals surface area contributed by atoms with Crippen LogP contribution >= 0.6 is 11.8 Å². The van der Waals surface area contributed by atoms with Gasteiger partial charge in [0.1, 0.15) is 0 Å². The molecule has 0 aliphatic rings. The number of nitro groups is 1. The first-order valence-electron chi connectivity index (χ1n) is 4.21. The molecule has 4 nitrogen and oxygen atoms in total. The lowest BCUT2D eigenvalue weighted by molar-refractivity contribution is -0.387. The van der Waals surface area contributed by atoms with Gasteiger partial charge >= 0.3 is 0 Å². The summed E-state index contributed by atoms with van der Waals surface area (Å²) in [7, 11) is 0. The largest absolute Gasteiger partial charge is 0.399 e. The van der Waals surface area contributed by atoms with E-state index in [0.29, 0.717) is 15.8 Å². The topological polar surface area (TPSA) is 69.2 Å². The zero-order valence-corrected chi connectivity index (χ0v) is 8.88. The number of benzene rings is 1. The summed E-state index contributed by atoms with van der Waals surface area (Å²) in [4.78, 5) is 11.0. The van der Waals surface area contributed by atoms with Crippen molar-refractivity contribution in [1.82, 2.24) is 0 Å². The predicted molar refractivity (Wildman–Crippen MR) is 58.5 cm³/mol. The minimum Gasteiger partial charge on any atom is -0.399 e. The lowest BCUT2D eigenvalue weighted by Gasteiger charge is -2.05. The average Bonchev–Trinajstić information content (AvgIpc) is 2.07. The second-order valence-electron chi connectivity index (χ2n) is 3.15. The second kappa shape index (κ2) is 4.32. The van der Waals surface area contributed by atoms with E-state index in [1.54, 1.807) is 12.1 Å². The van der Waals surface area contributed by atoms with Crippen LogP contribution in [0, 0.1) is 10.1 Å². The fourth-order valence-corrected chi connectivity index (χ4v) is 1.94. The van der Waals surface area contributed by atoms with E-state index in [2.05, 4.69) is 0 Å². The summed E-state index contributed by atoms with van der Waals surface area (Å²) in [6.07, 6.45) is 0. The van der Waals surface area contributed by atoms with Gasteiger partial charge in [-0.1, -0.05) is 13.8 Å². The van der Waals surface area contributed by atoms with Crippen LogP contribution in [-0.2, 0) is 0 Å². The molecule has 0 amide bonds. The zero-order chi connectivity index (χ0) is 10.7. The third kappa shape index (κ3) is 2.63. The van der Waals surface area contributed by atoms with E-state index in [4.69, 9.17) is 5.73 Å². The van der Waals surface area contributed by atoms with E-state index in [-0.39, 0.29) is 5.69 Å². The Kier molecular flexibility index (Phi) is 3.35. The minimum atomic E-state index is -0.402. The van der Waals surface area contributed by atoms with Crippen molar-refractivity contribution in [2.75, 3.05) is 5.73 Å². The number of thioether (sulfide) groups is 1. The summed E-state index contributed by atoms with van der Waals surface area (Å²) in [6, 6.07) is 4.76. The molecule has 0 unspecified atom stereocenters. The quantitative estimate of drug-likeness (QED) is 0.362. The van der Waals surface area contributed by atoms with Crippen LogP contribution in [0.15, 0.2) is 23.1 Å². The summed E-state index contributed by atoms with van der Waals surface area (Å²) in [6.45, 7) is 3.98. The highest BCUT2D eigenvalue weighted by atomic mass is 32.2. The van der Waals surface area contributed by atoms with Crippen molar-refractivity contribution in [3.8, 4) is 0 Å². The van der Waals surface area contributed by atoms with Crippen LogP contribution in [0.2, 0.25) is 0 Å². The number of hydrogen-bond acceptors (Lipinski definition) is 4. The number of rotatable bonds is 3. The van der Waals surface area contributed by atoms with Gasteiger partial charge in [-0.25, -0.2) is 0 Å². The van der Waals surface area contributed by atoms with Crippen molar-refractivity contribution in [2.45, 2.75) is 24.0 Å². The van der Waals surface area contributed by atoms with E-state index in [1.807, 2.05) is 13.8 Å². The van der Waals surface area contributed by atoms with Gasteiger partial charge in [0.2, 0.25) is 0 Å². The Labute approximate surface area is 86.6 Å². The molecule has 0 atom stereocenters. The van der Waals surface area contributed by atoms with Crippen LogP contribution in [0.3, 0.4) is 0 Å². The van der Waals surface area contributed by atoms with E-state index in [0.717, 1.165) is 0 Å². The Morgan fingerprint density at radius 1 is 1.50 bits per heavy atom. The van der Waals surface area contributed by atoms with Gasteiger partial charge in [0.05, 0.1) is 9.82 Å². The molecule has 0 aliphatic carbocycles. The van der Waals surface area contributed by atoms with Crippen LogP contribution in [0.4, 0.5) is 11.4 Å². The Morgan fingerprint density at radius 3 is 2.64 bits per heavy atom. The monoisotopic (exact) mass is 212 g/mol. The normalized spacial score (nSPS) is 10.5. The molecule has 76 valence electrons. The summed E-state index contributed by atoms with van der Waals surface area (Å²) >= 11 is 1.46. The van der Waals surface area contributed by atoms with E-state index < -0.39 is 4.92 Å². The smallest absolute Gasteiger partial charge is 0.284 e. The lowest BCUT2D eigenvalue weighted by atomic mass is 10.3. The molecule has 0 spiro atoms. The molecule has 0 fully saturated rings. The maximum Gasteiger partial charge on any atom is 0.284 e. The third-order valence-electron chi connectivity index (χ3n) is 1.54. The number of nitrogen functional groups attached to an aromatic ring is 1. The fraction of sp³-hybridized carbons (Fsp3) is 0.333. The number of anilines is 1. The van der Waals surface area contributed by atoms with Crippen LogP contribution in [0.1, 0.15) is 13.8 Å². The standard InChI is InChI=1S/C9H12N2O2S/c1-6(2)14-9-4-3-7(10)5-8(9)11(12)13/h3-6H,10H2,1-2H3. The van der Waals surface area contributed by atoms with Crippen molar-refractivity contribution in [3.05, 3.63) is 28.3 Å². The molecule has 0 bridgehead atoms.